The number of aromatic nitrogens is 1. The first-order valence-corrected chi connectivity index (χ1v) is 15.2. The molecule has 3 aliphatic heterocycles. The highest BCUT2D eigenvalue weighted by atomic mass is 32.2. The number of amides is 2. The van der Waals surface area contributed by atoms with Gasteiger partial charge in [-0.1, -0.05) is 36.4 Å². The summed E-state index contributed by atoms with van der Waals surface area (Å²) in [6, 6.07) is 20.1. The molecule has 6 nitrogen and oxygen atoms in total. The molecular formula is C31H27FN4O2S2. The minimum absolute atomic E-state index is 0.134. The molecule has 2 amide bonds. The molecule has 0 atom stereocenters. The van der Waals surface area contributed by atoms with E-state index in [1.807, 2.05) is 54.2 Å². The second-order valence-corrected chi connectivity index (χ2v) is 13.2. The number of carbonyl (C=O) groups excluding carboxylic acids is 2. The summed E-state index contributed by atoms with van der Waals surface area (Å²) in [7, 11) is 0. The minimum atomic E-state index is -0.459. The summed E-state index contributed by atoms with van der Waals surface area (Å²) in [4.78, 5) is 37.3. The van der Waals surface area contributed by atoms with Crippen molar-refractivity contribution >= 4 is 52.1 Å². The number of thiophene rings is 1. The Morgan fingerprint density at radius 3 is 2.62 bits per heavy atom. The van der Waals surface area contributed by atoms with Gasteiger partial charge in [0.2, 0.25) is 0 Å². The third-order valence-electron chi connectivity index (χ3n) is 7.98. The Labute approximate surface area is 240 Å². The van der Waals surface area contributed by atoms with E-state index in [0.717, 1.165) is 40.6 Å². The highest BCUT2D eigenvalue weighted by molar-refractivity contribution is 8.02. The number of nitrogens with zero attached hydrogens (tertiary/aromatic N) is 3. The van der Waals surface area contributed by atoms with Gasteiger partial charge < -0.3 is 15.1 Å². The molecule has 2 saturated heterocycles. The Balaban J connectivity index is 1.16. The van der Waals surface area contributed by atoms with Crippen molar-refractivity contribution < 1.29 is 14.0 Å². The molecule has 1 spiro atoms. The molecule has 0 aliphatic carbocycles. The number of fused-ring (bicyclic) bond motifs is 3. The first-order valence-electron chi connectivity index (χ1n) is 13.4. The van der Waals surface area contributed by atoms with Gasteiger partial charge in [0.15, 0.2) is 0 Å². The Kier molecular flexibility index (Phi) is 6.16. The lowest BCUT2D eigenvalue weighted by Crippen LogP contribution is -2.64. The molecule has 5 heterocycles. The van der Waals surface area contributed by atoms with E-state index in [4.69, 9.17) is 4.98 Å². The maximum Gasteiger partial charge on any atom is 0.276 e. The van der Waals surface area contributed by atoms with E-state index in [2.05, 4.69) is 10.2 Å². The van der Waals surface area contributed by atoms with Crippen LogP contribution in [0.5, 0.6) is 0 Å². The molecule has 2 fully saturated rings. The number of para-hydroxylation sites is 2. The Morgan fingerprint density at radius 2 is 1.85 bits per heavy atom. The van der Waals surface area contributed by atoms with Crippen LogP contribution in [-0.4, -0.2) is 46.9 Å². The van der Waals surface area contributed by atoms with Crippen LogP contribution in [0.1, 0.15) is 37.7 Å². The topological polar surface area (TPSA) is 65.5 Å². The molecule has 9 heteroatoms. The first kappa shape index (κ1) is 25.3. The van der Waals surface area contributed by atoms with Crippen LogP contribution in [0.15, 0.2) is 66.7 Å². The zero-order chi connectivity index (χ0) is 27.4. The van der Waals surface area contributed by atoms with Gasteiger partial charge >= 0.3 is 0 Å². The Bertz CT molecular complexity index is 1640. The summed E-state index contributed by atoms with van der Waals surface area (Å²) >= 11 is 3.40. The van der Waals surface area contributed by atoms with E-state index in [1.54, 1.807) is 30.0 Å². The highest BCUT2D eigenvalue weighted by Gasteiger charge is 2.48. The molecular weight excluding hydrogens is 543 g/mol. The number of carbonyl (C=O) groups is 2. The zero-order valence-corrected chi connectivity index (χ0v) is 23.6. The van der Waals surface area contributed by atoms with Crippen molar-refractivity contribution in [3.8, 4) is 10.4 Å². The predicted molar refractivity (Wildman–Crippen MR) is 160 cm³/mol. The highest BCUT2D eigenvalue weighted by Crippen LogP contribution is 2.48. The number of aryl methyl sites for hydroxylation is 1. The quantitative estimate of drug-likeness (QED) is 0.307. The van der Waals surface area contributed by atoms with Crippen molar-refractivity contribution in [2.75, 3.05) is 40.5 Å². The van der Waals surface area contributed by atoms with Crippen LogP contribution in [0.2, 0.25) is 0 Å². The fraction of sp³-hybridized carbons (Fsp3) is 0.258. The molecule has 0 bridgehead atoms. The second kappa shape index (κ2) is 9.74. The summed E-state index contributed by atoms with van der Waals surface area (Å²) < 4.78 is 14.7. The van der Waals surface area contributed by atoms with Crippen LogP contribution in [0.3, 0.4) is 0 Å². The third kappa shape index (κ3) is 4.28. The van der Waals surface area contributed by atoms with Gasteiger partial charge in [-0.3, -0.25) is 9.59 Å². The standard InChI is InChI=1S/C31H27FN4O2S2/c1-19-6-4-8-22(32)27(19)34-29(37)25-16-20-12-14-36(24-10-3-2-7-21(24)28(20)40-25)30(38)23-9-5-11-26(33-23)35-17-31(18-35)13-15-39-31/h2-11,16H,12-15,17-18H2,1H3,(H,34,37). The fourth-order valence-electron chi connectivity index (χ4n) is 5.69. The summed E-state index contributed by atoms with van der Waals surface area (Å²) in [5, 5.41) is 2.75. The molecule has 0 saturated carbocycles. The van der Waals surface area contributed by atoms with Crippen LogP contribution >= 0.6 is 23.1 Å². The SMILES string of the molecule is Cc1cccc(F)c1NC(=O)c1cc2c(s1)-c1ccccc1N(C(=O)c1cccc(N3CC4(CCS4)C3)n1)CC2. The van der Waals surface area contributed by atoms with Crippen molar-refractivity contribution in [3.63, 3.8) is 0 Å². The van der Waals surface area contributed by atoms with Gasteiger partial charge in [-0.15, -0.1) is 11.3 Å². The van der Waals surface area contributed by atoms with Crippen molar-refractivity contribution in [1.29, 1.82) is 0 Å². The van der Waals surface area contributed by atoms with E-state index in [1.165, 1.54) is 29.6 Å². The average molecular weight is 571 g/mol. The van der Waals surface area contributed by atoms with Crippen molar-refractivity contribution in [2.24, 2.45) is 0 Å². The van der Waals surface area contributed by atoms with Crippen molar-refractivity contribution in [2.45, 2.75) is 24.5 Å². The summed E-state index contributed by atoms with van der Waals surface area (Å²) in [6.07, 6.45) is 1.84. The van der Waals surface area contributed by atoms with E-state index in [-0.39, 0.29) is 17.5 Å². The van der Waals surface area contributed by atoms with Crippen molar-refractivity contribution in [3.05, 3.63) is 94.2 Å². The Morgan fingerprint density at radius 1 is 1.05 bits per heavy atom. The zero-order valence-electron chi connectivity index (χ0n) is 21.9. The van der Waals surface area contributed by atoms with Crippen LogP contribution in [-0.2, 0) is 6.42 Å². The lowest BCUT2D eigenvalue weighted by molar-refractivity contribution is 0.0981. The number of hydrogen-bond donors (Lipinski definition) is 1. The number of anilines is 3. The monoisotopic (exact) mass is 570 g/mol. The normalized spacial score (nSPS) is 16.9. The maximum atomic E-state index is 14.4. The molecule has 0 unspecified atom stereocenters. The summed E-state index contributed by atoms with van der Waals surface area (Å²) in [6.45, 7) is 4.20. The lowest BCUT2D eigenvalue weighted by atomic mass is 9.94. The molecule has 7 rings (SSSR count). The molecule has 2 aromatic carbocycles. The average Bonchev–Trinajstić information content (AvgIpc) is 3.27. The second-order valence-electron chi connectivity index (χ2n) is 10.6. The molecule has 4 aromatic rings. The summed E-state index contributed by atoms with van der Waals surface area (Å²) in [5.74, 6) is 1.15. The minimum Gasteiger partial charge on any atom is -0.354 e. The molecule has 0 radical (unpaired) electrons. The predicted octanol–water partition coefficient (Wildman–Crippen LogP) is 6.41. The van der Waals surface area contributed by atoms with Gasteiger partial charge in [0.25, 0.3) is 11.8 Å². The number of nitrogens with one attached hydrogen (secondary N) is 1. The number of halogens is 1. The molecule has 3 aliphatic rings. The summed E-state index contributed by atoms with van der Waals surface area (Å²) in [5.41, 5.74) is 3.99. The number of thioether (sulfide) groups is 1. The van der Waals surface area contributed by atoms with E-state index in [9.17, 15) is 14.0 Å². The van der Waals surface area contributed by atoms with E-state index < -0.39 is 5.82 Å². The lowest BCUT2D eigenvalue weighted by Gasteiger charge is -2.55. The van der Waals surface area contributed by atoms with Gasteiger partial charge in [-0.25, -0.2) is 9.37 Å². The van der Waals surface area contributed by atoms with Gasteiger partial charge in [0.1, 0.15) is 17.3 Å². The number of benzene rings is 2. The third-order valence-corrected chi connectivity index (χ3v) is 10.7. The van der Waals surface area contributed by atoms with Gasteiger partial charge in [0, 0.05) is 30.1 Å². The van der Waals surface area contributed by atoms with Crippen LogP contribution in [0.4, 0.5) is 21.6 Å². The van der Waals surface area contributed by atoms with E-state index >= 15 is 0 Å². The number of pyridine rings is 1. The first-order chi connectivity index (χ1) is 19.4. The maximum absolute atomic E-state index is 14.4. The molecule has 1 N–H and O–H groups in total. The van der Waals surface area contributed by atoms with E-state index in [0.29, 0.717) is 33.8 Å². The van der Waals surface area contributed by atoms with Gasteiger partial charge in [0.05, 0.1) is 21.0 Å². The van der Waals surface area contributed by atoms with Gasteiger partial charge in [-0.2, -0.15) is 11.8 Å². The fourth-order valence-corrected chi connectivity index (χ4v) is 8.11. The largest absolute Gasteiger partial charge is 0.354 e. The van der Waals surface area contributed by atoms with Crippen LogP contribution < -0.4 is 15.1 Å². The smallest absolute Gasteiger partial charge is 0.276 e. The number of hydrogen-bond acceptors (Lipinski definition) is 6. The molecule has 2 aromatic heterocycles. The van der Waals surface area contributed by atoms with Gasteiger partial charge in [-0.05, 0) is 67.0 Å². The molecule has 40 heavy (non-hydrogen) atoms. The number of rotatable bonds is 4. The molecule has 202 valence electrons. The van der Waals surface area contributed by atoms with Crippen LogP contribution in [0, 0.1) is 12.7 Å². The Hall–Kier alpha value is -3.69. The van der Waals surface area contributed by atoms with Crippen molar-refractivity contribution in [1.82, 2.24) is 4.98 Å². The van der Waals surface area contributed by atoms with Crippen LogP contribution in [0.25, 0.3) is 10.4 Å².